The van der Waals surface area contributed by atoms with Crippen LogP contribution >= 0.6 is 0 Å². The molecule has 9 heteroatoms. The molecule has 2 aromatic rings. The Kier molecular flexibility index (Phi) is 7.64. The Morgan fingerprint density at radius 2 is 1.47 bits per heavy atom. The number of hydrogen-bond donors (Lipinski definition) is 1. The molecule has 0 saturated carbocycles. The van der Waals surface area contributed by atoms with E-state index in [-0.39, 0.29) is 30.9 Å². The molecule has 6 rings (SSSR count). The van der Waals surface area contributed by atoms with Gasteiger partial charge in [0.05, 0.1) is 17.4 Å². The second kappa shape index (κ2) is 11.3. The van der Waals surface area contributed by atoms with E-state index in [1.165, 1.54) is 0 Å². The van der Waals surface area contributed by atoms with Crippen molar-refractivity contribution in [3.05, 3.63) is 78.9 Å². The van der Waals surface area contributed by atoms with Crippen LogP contribution in [-0.4, -0.2) is 84.3 Å². The number of nitrogens with zero attached hydrogens (tertiary/aromatic N) is 4. The molecule has 3 amide bonds. The number of fused-ring (bicyclic) bond motifs is 2. The molecule has 4 heterocycles. The summed E-state index contributed by atoms with van der Waals surface area (Å²) in [4.78, 5) is 50.5. The lowest BCUT2D eigenvalue weighted by Gasteiger charge is -2.37. The molecule has 5 atom stereocenters. The van der Waals surface area contributed by atoms with Gasteiger partial charge in [-0.1, -0.05) is 42.5 Å². The molecule has 43 heavy (non-hydrogen) atoms. The molecule has 4 aliphatic heterocycles. The van der Waals surface area contributed by atoms with E-state index >= 15 is 0 Å². The molecular weight excluding hydrogens is 544 g/mol. The Bertz CT molecular complexity index is 1440. The van der Waals surface area contributed by atoms with Gasteiger partial charge in [-0.3, -0.25) is 14.4 Å². The first-order valence-electron chi connectivity index (χ1n) is 15.3. The Morgan fingerprint density at radius 3 is 2.12 bits per heavy atom. The maximum Gasteiger partial charge on any atom is 0.253 e. The van der Waals surface area contributed by atoms with E-state index in [9.17, 15) is 19.5 Å². The lowest BCUT2D eigenvalue weighted by atomic mass is 9.74. The minimum absolute atomic E-state index is 0.125. The summed E-state index contributed by atoms with van der Waals surface area (Å²) in [6, 6.07) is 16.3. The quantitative estimate of drug-likeness (QED) is 0.479. The second-order valence-corrected chi connectivity index (χ2v) is 11.8. The predicted molar refractivity (Wildman–Crippen MR) is 166 cm³/mol. The van der Waals surface area contributed by atoms with Crippen LogP contribution in [0.3, 0.4) is 0 Å². The molecule has 226 valence electrons. The molecule has 0 aromatic heterocycles. The number of aliphatic hydroxyl groups is 1. The van der Waals surface area contributed by atoms with E-state index < -0.39 is 29.1 Å². The van der Waals surface area contributed by atoms with E-state index in [1.54, 1.807) is 14.7 Å². The first-order chi connectivity index (χ1) is 20.8. The van der Waals surface area contributed by atoms with E-state index in [4.69, 9.17) is 4.74 Å². The number of rotatable bonds is 8. The molecule has 1 unspecified atom stereocenters. The average molecular weight is 585 g/mol. The standard InChI is InChI=1S/C34H40N4O5/c1-4-35(5-2)24-14-16-26(17-15-24)37-21-10-19-34-28(31(41)38(22-11-23-39)29(34)32(37)42)27-30(40)36(25-12-7-6-8-13-25)20-9-18-33(27,3)43-34/h6-10,12-19,27-29,39H,4-5,11,20-23H2,1-3H3/t27-,28-,29?,33+,34-/m0/s1. The number of para-hydroxylation sites is 1. The summed E-state index contributed by atoms with van der Waals surface area (Å²) < 4.78 is 6.90. The molecule has 1 spiro atoms. The van der Waals surface area contributed by atoms with Gasteiger partial charge in [-0.2, -0.15) is 0 Å². The van der Waals surface area contributed by atoms with Crippen molar-refractivity contribution in [1.82, 2.24) is 4.90 Å². The van der Waals surface area contributed by atoms with Crippen LogP contribution in [0, 0.1) is 11.8 Å². The first-order valence-corrected chi connectivity index (χ1v) is 15.3. The van der Waals surface area contributed by atoms with E-state index in [2.05, 4.69) is 18.7 Å². The van der Waals surface area contributed by atoms with Crippen molar-refractivity contribution in [2.75, 3.05) is 54.0 Å². The van der Waals surface area contributed by atoms with Crippen LogP contribution in [0.15, 0.2) is 78.9 Å². The van der Waals surface area contributed by atoms with Gasteiger partial charge in [0.25, 0.3) is 5.91 Å². The molecule has 2 fully saturated rings. The van der Waals surface area contributed by atoms with Crippen LogP contribution in [0.1, 0.15) is 27.2 Å². The lowest BCUT2D eigenvalue weighted by molar-refractivity contribution is -0.144. The number of ether oxygens (including phenoxy) is 1. The molecular formula is C34H40N4O5. The molecule has 1 N–H and O–H groups in total. The number of benzene rings is 2. The highest BCUT2D eigenvalue weighted by Crippen LogP contribution is 2.57. The van der Waals surface area contributed by atoms with Crippen molar-refractivity contribution < 1.29 is 24.2 Å². The van der Waals surface area contributed by atoms with Gasteiger partial charge in [0.1, 0.15) is 11.6 Å². The van der Waals surface area contributed by atoms with Gasteiger partial charge in [-0.15, -0.1) is 0 Å². The SMILES string of the molecule is CCN(CC)c1ccc(N2CC=C[C@]34O[C@]5(C)C=CCN(c6ccccc6)C(=O)[C@@H]5[C@H]3C(=O)N(CCCO)C4C2=O)cc1. The molecule has 0 aliphatic carbocycles. The number of hydrogen-bond acceptors (Lipinski definition) is 6. The highest BCUT2D eigenvalue weighted by atomic mass is 16.5. The normalized spacial score (nSPS) is 29.8. The summed E-state index contributed by atoms with van der Waals surface area (Å²) in [6.45, 7) is 8.54. The third kappa shape index (κ3) is 4.57. The zero-order valence-electron chi connectivity index (χ0n) is 25.1. The first kappa shape index (κ1) is 29.1. The number of likely N-dealkylation sites (tertiary alicyclic amines) is 1. The number of aliphatic hydroxyl groups excluding tert-OH is 1. The zero-order valence-corrected chi connectivity index (χ0v) is 25.1. The van der Waals surface area contributed by atoms with Crippen LogP contribution in [0.2, 0.25) is 0 Å². The van der Waals surface area contributed by atoms with Gasteiger partial charge in [0.15, 0.2) is 0 Å². The Balaban J connectivity index is 1.41. The summed E-state index contributed by atoms with van der Waals surface area (Å²) in [7, 11) is 0. The van der Waals surface area contributed by atoms with Gasteiger partial charge in [-0.05, 0) is 63.6 Å². The minimum Gasteiger partial charge on any atom is -0.396 e. The predicted octanol–water partition coefficient (Wildman–Crippen LogP) is 3.39. The third-order valence-corrected chi connectivity index (χ3v) is 9.47. The smallest absolute Gasteiger partial charge is 0.253 e. The fourth-order valence-corrected chi connectivity index (χ4v) is 7.51. The topological polar surface area (TPSA) is 93.6 Å². The lowest BCUT2D eigenvalue weighted by Crippen LogP contribution is -2.56. The molecule has 2 aromatic carbocycles. The summed E-state index contributed by atoms with van der Waals surface area (Å²) in [6.07, 6.45) is 7.87. The van der Waals surface area contributed by atoms with Crippen LogP contribution in [0.25, 0.3) is 0 Å². The summed E-state index contributed by atoms with van der Waals surface area (Å²) >= 11 is 0. The van der Waals surface area contributed by atoms with Crippen molar-refractivity contribution in [2.24, 2.45) is 11.8 Å². The maximum absolute atomic E-state index is 14.6. The monoisotopic (exact) mass is 584 g/mol. The van der Waals surface area contributed by atoms with Crippen LogP contribution in [-0.2, 0) is 19.1 Å². The van der Waals surface area contributed by atoms with Crippen LogP contribution < -0.4 is 14.7 Å². The number of amides is 3. The van der Waals surface area contributed by atoms with Crippen molar-refractivity contribution in [3.63, 3.8) is 0 Å². The molecule has 9 nitrogen and oxygen atoms in total. The molecule has 2 saturated heterocycles. The Morgan fingerprint density at radius 1 is 0.837 bits per heavy atom. The van der Waals surface area contributed by atoms with Crippen molar-refractivity contribution in [3.8, 4) is 0 Å². The van der Waals surface area contributed by atoms with Crippen molar-refractivity contribution in [2.45, 2.75) is 44.4 Å². The largest absolute Gasteiger partial charge is 0.396 e. The summed E-state index contributed by atoms with van der Waals surface area (Å²) in [5, 5.41) is 9.69. The van der Waals surface area contributed by atoms with Crippen molar-refractivity contribution >= 4 is 34.8 Å². The van der Waals surface area contributed by atoms with Gasteiger partial charge < -0.3 is 29.4 Å². The van der Waals surface area contributed by atoms with E-state index in [1.807, 2.05) is 85.8 Å². The molecule has 0 bridgehead atoms. The minimum atomic E-state index is -1.33. The van der Waals surface area contributed by atoms with Gasteiger partial charge in [0.2, 0.25) is 11.8 Å². The fourth-order valence-electron chi connectivity index (χ4n) is 7.51. The highest BCUT2D eigenvalue weighted by molar-refractivity contribution is 6.07. The third-order valence-electron chi connectivity index (χ3n) is 9.47. The van der Waals surface area contributed by atoms with Crippen molar-refractivity contribution in [1.29, 1.82) is 0 Å². The molecule has 0 radical (unpaired) electrons. The van der Waals surface area contributed by atoms with Crippen LogP contribution in [0.5, 0.6) is 0 Å². The van der Waals surface area contributed by atoms with E-state index in [0.29, 0.717) is 19.5 Å². The van der Waals surface area contributed by atoms with Gasteiger partial charge in [-0.25, -0.2) is 0 Å². The second-order valence-electron chi connectivity index (χ2n) is 11.8. The van der Waals surface area contributed by atoms with E-state index in [0.717, 1.165) is 30.2 Å². The Hall–Kier alpha value is -3.95. The number of anilines is 3. The van der Waals surface area contributed by atoms with Gasteiger partial charge >= 0.3 is 0 Å². The molecule has 4 aliphatic rings. The summed E-state index contributed by atoms with van der Waals surface area (Å²) in [5.74, 6) is -2.48. The average Bonchev–Trinajstić information content (AvgIpc) is 3.28. The summed E-state index contributed by atoms with van der Waals surface area (Å²) in [5.41, 5.74) is 0.120. The zero-order chi connectivity index (χ0) is 30.4. The number of carbonyl (C=O) groups excluding carboxylic acids is 3. The fraction of sp³-hybridized carbons (Fsp3) is 0.441. The highest BCUT2D eigenvalue weighted by Gasteiger charge is 2.74. The maximum atomic E-state index is 14.6. The Labute approximate surface area is 253 Å². The van der Waals surface area contributed by atoms with Crippen LogP contribution in [0.4, 0.5) is 17.1 Å². The van der Waals surface area contributed by atoms with Gasteiger partial charge in [0, 0.05) is 56.4 Å². The number of carbonyl (C=O) groups is 3.